The van der Waals surface area contributed by atoms with Crippen molar-refractivity contribution >= 4 is 11.6 Å². The first-order valence-corrected chi connectivity index (χ1v) is 8.12. The average Bonchev–Trinajstić information content (AvgIpc) is 2.51. The van der Waals surface area contributed by atoms with Crippen molar-refractivity contribution in [1.82, 2.24) is 4.90 Å². The van der Waals surface area contributed by atoms with E-state index >= 15 is 0 Å². The largest absolute Gasteiger partial charge is 0.490 e. The minimum atomic E-state index is 0.438. The summed E-state index contributed by atoms with van der Waals surface area (Å²) in [5.74, 6) is 1.32. The van der Waals surface area contributed by atoms with Crippen molar-refractivity contribution in [2.45, 2.75) is 32.7 Å². The van der Waals surface area contributed by atoms with Gasteiger partial charge in [0.2, 0.25) is 0 Å². The Labute approximate surface area is 132 Å². The van der Waals surface area contributed by atoms with Gasteiger partial charge in [0.15, 0.2) is 11.5 Å². The van der Waals surface area contributed by atoms with Gasteiger partial charge in [-0.2, -0.15) is 0 Å². The quantitative estimate of drug-likeness (QED) is 0.840. The molecule has 0 atom stereocenters. The summed E-state index contributed by atoms with van der Waals surface area (Å²) in [4.78, 5) is 2.44. The van der Waals surface area contributed by atoms with E-state index < -0.39 is 0 Å². The Morgan fingerprint density at radius 3 is 2.62 bits per heavy atom. The Morgan fingerprint density at radius 2 is 1.95 bits per heavy atom. The second-order valence-electron chi connectivity index (χ2n) is 5.29. The fourth-order valence-electron chi connectivity index (χ4n) is 2.60. The van der Waals surface area contributed by atoms with Gasteiger partial charge in [0, 0.05) is 13.1 Å². The minimum absolute atomic E-state index is 0.438. The van der Waals surface area contributed by atoms with Crippen LogP contribution in [0, 0.1) is 0 Å². The summed E-state index contributed by atoms with van der Waals surface area (Å²) in [5.41, 5.74) is 6.62. The molecule has 0 aromatic heterocycles. The zero-order valence-electron chi connectivity index (χ0n) is 12.7. The van der Waals surface area contributed by atoms with Crippen LogP contribution in [-0.4, -0.2) is 37.7 Å². The topological polar surface area (TPSA) is 47.7 Å². The lowest BCUT2D eigenvalue weighted by Crippen LogP contribution is -2.33. The number of ether oxygens (including phenoxy) is 2. The fraction of sp³-hybridized carbons (Fsp3) is 0.625. The molecule has 0 bridgehead atoms. The number of rotatable bonds is 7. The highest BCUT2D eigenvalue weighted by atomic mass is 35.5. The molecule has 1 aromatic rings. The van der Waals surface area contributed by atoms with Crippen molar-refractivity contribution in [3.63, 3.8) is 0 Å². The third-order valence-electron chi connectivity index (χ3n) is 3.71. The van der Waals surface area contributed by atoms with Crippen LogP contribution >= 0.6 is 11.6 Å². The van der Waals surface area contributed by atoms with Crippen molar-refractivity contribution in [2.24, 2.45) is 5.73 Å². The normalized spacial score (nSPS) is 16.0. The summed E-state index contributed by atoms with van der Waals surface area (Å²) >= 11 is 6.30. The number of hydrogen-bond donors (Lipinski definition) is 1. The number of likely N-dealkylation sites (tertiary alicyclic amines) is 1. The zero-order valence-corrected chi connectivity index (χ0v) is 13.5. The van der Waals surface area contributed by atoms with E-state index in [1.54, 1.807) is 0 Å². The van der Waals surface area contributed by atoms with Crippen LogP contribution in [0.15, 0.2) is 12.1 Å². The average molecular weight is 313 g/mol. The lowest BCUT2D eigenvalue weighted by molar-refractivity contribution is 0.179. The SMILES string of the molecule is CCOc1cc(CN)cc(Cl)c1OCCN1CCCCC1. The van der Waals surface area contributed by atoms with Gasteiger partial charge in [-0.25, -0.2) is 0 Å². The number of hydrogen-bond acceptors (Lipinski definition) is 4. The molecular weight excluding hydrogens is 288 g/mol. The van der Waals surface area contributed by atoms with E-state index in [4.69, 9.17) is 26.8 Å². The molecule has 118 valence electrons. The summed E-state index contributed by atoms with van der Waals surface area (Å²) in [5, 5.41) is 0.569. The fourth-order valence-corrected chi connectivity index (χ4v) is 2.89. The molecule has 0 aliphatic carbocycles. The molecule has 1 saturated heterocycles. The Morgan fingerprint density at radius 1 is 1.19 bits per heavy atom. The molecule has 1 heterocycles. The highest BCUT2D eigenvalue weighted by molar-refractivity contribution is 6.32. The van der Waals surface area contributed by atoms with E-state index in [-0.39, 0.29) is 0 Å². The molecule has 1 aliphatic heterocycles. The summed E-state index contributed by atoms with van der Waals surface area (Å²) in [6, 6.07) is 3.76. The lowest BCUT2D eigenvalue weighted by atomic mass is 10.1. The van der Waals surface area contributed by atoms with Crippen LogP contribution in [0.25, 0.3) is 0 Å². The van der Waals surface area contributed by atoms with Gasteiger partial charge < -0.3 is 15.2 Å². The number of piperidine rings is 1. The molecule has 0 saturated carbocycles. The van der Waals surface area contributed by atoms with Gasteiger partial charge >= 0.3 is 0 Å². The molecule has 1 aliphatic rings. The molecule has 2 N–H and O–H groups in total. The molecule has 1 aromatic carbocycles. The molecule has 1 fully saturated rings. The van der Waals surface area contributed by atoms with E-state index in [2.05, 4.69) is 4.90 Å². The summed E-state index contributed by atoms with van der Waals surface area (Å²) < 4.78 is 11.5. The van der Waals surface area contributed by atoms with Crippen LogP contribution in [0.1, 0.15) is 31.7 Å². The molecule has 0 amide bonds. The maximum Gasteiger partial charge on any atom is 0.179 e. The summed E-state index contributed by atoms with van der Waals surface area (Å²) in [6.07, 6.45) is 3.92. The van der Waals surface area contributed by atoms with Crippen LogP contribution in [0.4, 0.5) is 0 Å². The molecule has 0 unspecified atom stereocenters. The van der Waals surface area contributed by atoms with Crippen LogP contribution in [-0.2, 0) is 6.54 Å². The first-order valence-electron chi connectivity index (χ1n) is 7.75. The minimum Gasteiger partial charge on any atom is -0.490 e. The molecule has 4 nitrogen and oxygen atoms in total. The van der Waals surface area contributed by atoms with Gasteiger partial charge in [-0.05, 0) is 50.6 Å². The molecule has 5 heteroatoms. The van der Waals surface area contributed by atoms with Gasteiger partial charge in [-0.1, -0.05) is 18.0 Å². The Bertz CT molecular complexity index is 448. The standard InChI is InChI=1S/C16H25ClN2O2/c1-2-20-15-11-13(12-18)10-14(17)16(15)21-9-8-19-6-4-3-5-7-19/h10-11H,2-9,12,18H2,1H3. The van der Waals surface area contributed by atoms with Crippen molar-refractivity contribution < 1.29 is 9.47 Å². The third kappa shape index (κ3) is 4.77. The number of nitrogens with zero attached hydrogens (tertiary/aromatic N) is 1. The van der Waals surface area contributed by atoms with E-state index in [0.29, 0.717) is 36.3 Å². The van der Waals surface area contributed by atoms with E-state index in [9.17, 15) is 0 Å². The summed E-state index contributed by atoms with van der Waals surface area (Å²) in [6.45, 7) is 6.85. The third-order valence-corrected chi connectivity index (χ3v) is 3.99. The first-order chi connectivity index (χ1) is 10.2. The maximum absolute atomic E-state index is 6.30. The van der Waals surface area contributed by atoms with Gasteiger partial charge in [-0.15, -0.1) is 0 Å². The second-order valence-corrected chi connectivity index (χ2v) is 5.70. The van der Waals surface area contributed by atoms with Crippen molar-refractivity contribution in [3.05, 3.63) is 22.7 Å². The van der Waals surface area contributed by atoms with Gasteiger partial charge in [0.25, 0.3) is 0 Å². The second kappa shape index (κ2) is 8.47. The first kappa shape index (κ1) is 16.4. The smallest absolute Gasteiger partial charge is 0.179 e. The summed E-state index contributed by atoms with van der Waals surface area (Å²) in [7, 11) is 0. The van der Waals surface area contributed by atoms with Gasteiger partial charge in [0.05, 0.1) is 11.6 Å². The zero-order chi connectivity index (χ0) is 15.1. The molecular formula is C16H25ClN2O2. The van der Waals surface area contributed by atoms with E-state index in [1.807, 2.05) is 19.1 Å². The Hall–Kier alpha value is -0.970. The van der Waals surface area contributed by atoms with Crippen LogP contribution in [0.5, 0.6) is 11.5 Å². The highest BCUT2D eigenvalue weighted by Crippen LogP contribution is 2.36. The Kier molecular flexibility index (Phi) is 6.61. The van der Waals surface area contributed by atoms with Crippen LogP contribution < -0.4 is 15.2 Å². The van der Waals surface area contributed by atoms with Crippen molar-refractivity contribution in [3.8, 4) is 11.5 Å². The predicted octanol–water partition coefficient (Wildman–Crippen LogP) is 3.06. The number of halogens is 1. The monoisotopic (exact) mass is 312 g/mol. The van der Waals surface area contributed by atoms with Gasteiger partial charge in [0.1, 0.15) is 6.61 Å². The van der Waals surface area contributed by atoms with E-state index in [0.717, 1.165) is 12.1 Å². The van der Waals surface area contributed by atoms with Crippen molar-refractivity contribution in [2.75, 3.05) is 32.8 Å². The Balaban J connectivity index is 1.97. The molecule has 0 spiro atoms. The van der Waals surface area contributed by atoms with Crippen LogP contribution in [0.2, 0.25) is 5.02 Å². The maximum atomic E-state index is 6.30. The molecule has 21 heavy (non-hydrogen) atoms. The number of nitrogens with two attached hydrogens (primary N) is 1. The molecule has 2 rings (SSSR count). The predicted molar refractivity (Wildman–Crippen MR) is 86.3 cm³/mol. The van der Waals surface area contributed by atoms with E-state index in [1.165, 1.54) is 32.4 Å². The van der Waals surface area contributed by atoms with Crippen LogP contribution in [0.3, 0.4) is 0 Å². The lowest BCUT2D eigenvalue weighted by Gasteiger charge is -2.26. The number of benzene rings is 1. The molecule has 0 radical (unpaired) electrons. The van der Waals surface area contributed by atoms with Gasteiger partial charge in [-0.3, -0.25) is 4.90 Å². The highest BCUT2D eigenvalue weighted by Gasteiger charge is 2.14. The van der Waals surface area contributed by atoms with Crippen molar-refractivity contribution in [1.29, 1.82) is 0 Å².